The summed E-state index contributed by atoms with van der Waals surface area (Å²) in [6.07, 6.45) is -2.33. The average Bonchev–Trinajstić information content (AvgIpc) is 2.16. The molecule has 0 saturated heterocycles. The molecule has 0 bridgehead atoms. The largest absolute Gasteiger partial charge is 0.481 e. The summed E-state index contributed by atoms with van der Waals surface area (Å²) in [5, 5.41) is 33.0. The van der Waals surface area contributed by atoms with Gasteiger partial charge in [-0.15, -0.1) is 0 Å². The average molecular weight is 238 g/mol. The van der Waals surface area contributed by atoms with Crippen molar-refractivity contribution in [2.75, 3.05) is 13.1 Å². The number of aliphatic hydroxyl groups is 2. The lowest BCUT2D eigenvalue weighted by Gasteiger charge is -2.00. The van der Waals surface area contributed by atoms with Gasteiger partial charge < -0.3 is 31.9 Å². The molecule has 0 radical (unpaired) electrons. The minimum atomic E-state index is -1.03. The molecular formula is C8H18N2O6. The fraction of sp³-hybridized carbons (Fsp3) is 0.750. The highest BCUT2D eigenvalue weighted by atomic mass is 16.4. The van der Waals surface area contributed by atoms with E-state index in [1.54, 1.807) is 0 Å². The number of rotatable bonds is 6. The Labute approximate surface area is 92.5 Å². The predicted octanol–water partition coefficient (Wildman–Crippen LogP) is -2.44. The van der Waals surface area contributed by atoms with Crippen molar-refractivity contribution in [2.45, 2.75) is 25.0 Å². The number of carboxylic acids is 2. The molecule has 16 heavy (non-hydrogen) atoms. The quantitative estimate of drug-likeness (QED) is 0.296. The molecular weight excluding hydrogens is 220 g/mol. The monoisotopic (exact) mass is 238 g/mol. The summed E-state index contributed by atoms with van der Waals surface area (Å²) >= 11 is 0. The Morgan fingerprint density at radius 2 is 1.12 bits per heavy atom. The smallest absolute Gasteiger partial charge is 0.306 e. The Morgan fingerprint density at radius 3 is 1.19 bits per heavy atom. The van der Waals surface area contributed by atoms with Crippen LogP contribution in [-0.2, 0) is 9.59 Å². The number of nitrogens with two attached hydrogens (primary N) is 2. The number of carbonyl (C=O) groups is 2. The molecule has 0 amide bonds. The molecule has 8 N–H and O–H groups in total. The highest BCUT2D eigenvalue weighted by Gasteiger charge is 2.05. The molecule has 0 spiro atoms. The van der Waals surface area contributed by atoms with E-state index < -0.39 is 24.1 Å². The van der Waals surface area contributed by atoms with Crippen LogP contribution in [0.2, 0.25) is 0 Å². The molecule has 0 aliphatic rings. The van der Waals surface area contributed by atoms with Crippen LogP contribution in [0.4, 0.5) is 0 Å². The van der Waals surface area contributed by atoms with Gasteiger partial charge in [0.2, 0.25) is 0 Å². The SMILES string of the molecule is NCC(O)CC(=O)O.NCC(O)CC(=O)O. The van der Waals surface area contributed by atoms with Gasteiger partial charge in [-0.05, 0) is 0 Å². The number of carboxylic acid groups (broad SMARTS) is 2. The van der Waals surface area contributed by atoms with Crippen molar-refractivity contribution in [2.24, 2.45) is 11.5 Å². The molecule has 8 heteroatoms. The molecule has 0 aromatic heterocycles. The van der Waals surface area contributed by atoms with Crippen molar-refractivity contribution >= 4 is 11.9 Å². The van der Waals surface area contributed by atoms with E-state index in [-0.39, 0.29) is 25.9 Å². The second-order valence-electron chi connectivity index (χ2n) is 2.97. The van der Waals surface area contributed by atoms with Gasteiger partial charge in [-0.1, -0.05) is 0 Å². The molecule has 0 saturated carbocycles. The van der Waals surface area contributed by atoms with Crippen LogP contribution in [-0.4, -0.2) is 57.7 Å². The van der Waals surface area contributed by atoms with Gasteiger partial charge in [-0.2, -0.15) is 0 Å². The Morgan fingerprint density at radius 1 is 0.875 bits per heavy atom. The third-order valence-electron chi connectivity index (χ3n) is 1.36. The second kappa shape index (κ2) is 10.3. The van der Waals surface area contributed by atoms with Crippen molar-refractivity contribution in [3.05, 3.63) is 0 Å². The predicted molar refractivity (Wildman–Crippen MR) is 54.6 cm³/mol. The third kappa shape index (κ3) is 15.3. The van der Waals surface area contributed by atoms with Crippen molar-refractivity contribution in [3.63, 3.8) is 0 Å². The lowest BCUT2D eigenvalue weighted by atomic mass is 10.3. The third-order valence-corrected chi connectivity index (χ3v) is 1.36. The van der Waals surface area contributed by atoms with Crippen LogP contribution in [0.15, 0.2) is 0 Å². The number of hydrogen-bond donors (Lipinski definition) is 6. The molecule has 96 valence electrons. The molecule has 0 aliphatic heterocycles. The first-order valence-electron chi connectivity index (χ1n) is 4.53. The van der Waals surface area contributed by atoms with Gasteiger partial charge in [0.25, 0.3) is 0 Å². The molecule has 0 aliphatic carbocycles. The Bertz CT molecular complexity index is 189. The molecule has 8 nitrogen and oxygen atoms in total. The maximum Gasteiger partial charge on any atom is 0.306 e. The zero-order chi connectivity index (χ0) is 13.1. The first kappa shape index (κ1) is 17.2. The molecule has 0 aromatic rings. The Balaban J connectivity index is 0. The summed E-state index contributed by atoms with van der Waals surface area (Å²) in [5.74, 6) is -2.05. The van der Waals surface area contributed by atoms with E-state index in [4.69, 9.17) is 31.9 Å². The fourth-order valence-corrected chi connectivity index (χ4v) is 0.570. The molecule has 0 heterocycles. The van der Waals surface area contributed by atoms with Gasteiger partial charge in [0.15, 0.2) is 0 Å². The summed E-state index contributed by atoms with van der Waals surface area (Å²) in [5.41, 5.74) is 9.81. The van der Waals surface area contributed by atoms with Gasteiger partial charge in [0.05, 0.1) is 25.0 Å². The van der Waals surface area contributed by atoms with Crippen LogP contribution in [0.5, 0.6) is 0 Å². The highest BCUT2D eigenvalue weighted by molar-refractivity contribution is 5.67. The van der Waals surface area contributed by atoms with Gasteiger partial charge in [-0.3, -0.25) is 9.59 Å². The zero-order valence-corrected chi connectivity index (χ0v) is 8.74. The lowest BCUT2D eigenvalue weighted by Crippen LogP contribution is -2.22. The van der Waals surface area contributed by atoms with E-state index in [1.807, 2.05) is 0 Å². The normalized spacial score (nSPS) is 13.2. The van der Waals surface area contributed by atoms with Gasteiger partial charge >= 0.3 is 11.9 Å². The van der Waals surface area contributed by atoms with E-state index in [0.717, 1.165) is 0 Å². The van der Waals surface area contributed by atoms with Crippen LogP contribution in [0.25, 0.3) is 0 Å². The summed E-state index contributed by atoms with van der Waals surface area (Å²) in [6, 6.07) is 0. The van der Waals surface area contributed by atoms with Crippen LogP contribution < -0.4 is 11.5 Å². The fourth-order valence-electron chi connectivity index (χ4n) is 0.570. The standard InChI is InChI=1S/2C4H9NO3/c2*5-2-3(6)1-4(7)8/h2*3,6H,1-2,5H2,(H,7,8). The number of hydrogen-bond acceptors (Lipinski definition) is 6. The van der Waals surface area contributed by atoms with Gasteiger partial charge in [0, 0.05) is 13.1 Å². The van der Waals surface area contributed by atoms with E-state index in [0.29, 0.717) is 0 Å². The van der Waals surface area contributed by atoms with Crippen LogP contribution in [0.3, 0.4) is 0 Å². The van der Waals surface area contributed by atoms with E-state index in [2.05, 4.69) is 0 Å². The Kier molecular flexibility index (Phi) is 11.1. The molecule has 2 unspecified atom stereocenters. The summed E-state index contributed by atoms with van der Waals surface area (Å²) < 4.78 is 0. The maximum absolute atomic E-state index is 9.75. The maximum atomic E-state index is 9.75. The van der Waals surface area contributed by atoms with E-state index in [1.165, 1.54) is 0 Å². The summed E-state index contributed by atoms with van der Waals surface area (Å²) in [7, 11) is 0. The highest BCUT2D eigenvalue weighted by Crippen LogP contribution is 1.86. The van der Waals surface area contributed by atoms with Crippen LogP contribution in [0, 0.1) is 0 Å². The first-order valence-corrected chi connectivity index (χ1v) is 4.53. The summed E-state index contributed by atoms with van der Waals surface area (Å²) in [4.78, 5) is 19.5. The van der Waals surface area contributed by atoms with Crippen molar-refractivity contribution in [1.29, 1.82) is 0 Å². The lowest BCUT2D eigenvalue weighted by molar-refractivity contribution is -0.140. The van der Waals surface area contributed by atoms with E-state index >= 15 is 0 Å². The minimum Gasteiger partial charge on any atom is -0.481 e. The molecule has 0 fully saturated rings. The number of aliphatic hydroxyl groups excluding tert-OH is 2. The van der Waals surface area contributed by atoms with Gasteiger partial charge in [-0.25, -0.2) is 0 Å². The van der Waals surface area contributed by atoms with Crippen molar-refractivity contribution < 1.29 is 30.0 Å². The summed E-state index contributed by atoms with van der Waals surface area (Å²) in [6.45, 7) is 0.0125. The first-order chi connectivity index (χ1) is 7.33. The second-order valence-corrected chi connectivity index (χ2v) is 2.97. The van der Waals surface area contributed by atoms with Crippen LogP contribution >= 0.6 is 0 Å². The zero-order valence-electron chi connectivity index (χ0n) is 8.74. The van der Waals surface area contributed by atoms with Crippen molar-refractivity contribution in [3.8, 4) is 0 Å². The Hall–Kier alpha value is -1.22. The number of aliphatic carboxylic acids is 2. The molecule has 0 aromatic carbocycles. The van der Waals surface area contributed by atoms with Crippen LogP contribution in [0.1, 0.15) is 12.8 Å². The van der Waals surface area contributed by atoms with Crippen molar-refractivity contribution in [1.82, 2.24) is 0 Å². The van der Waals surface area contributed by atoms with E-state index in [9.17, 15) is 9.59 Å². The minimum absolute atomic E-state index is 0.00625. The topological polar surface area (TPSA) is 167 Å². The van der Waals surface area contributed by atoms with Gasteiger partial charge in [0.1, 0.15) is 0 Å². The molecule has 2 atom stereocenters. The molecule has 0 rings (SSSR count).